The molecule has 0 saturated heterocycles. The molecule has 1 N–H and O–H groups in total. The van der Waals surface area contributed by atoms with E-state index >= 15 is 0 Å². The van der Waals surface area contributed by atoms with Gasteiger partial charge in [-0.3, -0.25) is 14.6 Å². The Hall–Kier alpha value is -2.69. The Kier molecular flexibility index (Phi) is 6.49. The fourth-order valence-corrected chi connectivity index (χ4v) is 2.27. The molecule has 1 aromatic carbocycles. The third kappa shape index (κ3) is 4.91. The second kappa shape index (κ2) is 8.82. The summed E-state index contributed by atoms with van der Waals surface area (Å²) in [5, 5.41) is 2.82. The number of amides is 2. The molecule has 0 atom stereocenters. The van der Waals surface area contributed by atoms with E-state index in [9.17, 15) is 9.59 Å². The van der Waals surface area contributed by atoms with E-state index in [1.807, 2.05) is 30.3 Å². The molecular weight excluding hydrogens is 302 g/mol. The number of benzene rings is 1. The first-order valence-corrected chi connectivity index (χ1v) is 8.15. The average Bonchev–Trinajstić information content (AvgIpc) is 2.64. The van der Waals surface area contributed by atoms with E-state index < -0.39 is 0 Å². The predicted octanol–water partition coefficient (Wildman–Crippen LogP) is 2.88. The third-order valence-corrected chi connectivity index (χ3v) is 3.73. The highest BCUT2D eigenvalue weighted by Crippen LogP contribution is 2.07. The number of rotatable bonds is 7. The second-order valence-corrected chi connectivity index (χ2v) is 5.68. The van der Waals surface area contributed by atoms with Crippen molar-refractivity contribution in [1.29, 1.82) is 0 Å². The van der Waals surface area contributed by atoms with E-state index in [-0.39, 0.29) is 17.5 Å². The van der Waals surface area contributed by atoms with Gasteiger partial charge in [0.1, 0.15) is 5.69 Å². The number of carbonyl (C=O) groups is 2. The molecule has 24 heavy (non-hydrogen) atoms. The molecule has 1 aromatic heterocycles. The number of pyridine rings is 1. The molecule has 0 aliphatic carbocycles. The van der Waals surface area contributed by atoms with Crippen LogP contribution in [0.3, 0.4) is 0 Å². The minimum atomic E-state index is -0.287. The van der Waals surface area contributed by atoms with Crippen molar-refractivity contribution < 1.29 is 9.59 Å². The van der Waals surface area contributed by atoms with Gasteiger partial charge < -0.3 is 10.2 Å². The van der Waals surface area contributed by atoms with Gasteiger partial charge in [0.25, 0.3) is 11.8 Å². The SMILES string of the molecule is CCCCN(C)C(=O)c1ccnc(C(=O)NCc2ccccc2)c1. The minimum absolute atomic E-state index is 0.0945. The summed E-state index contributed by atoms with van der Waals surface area (Å²) >= 11 is 0. The van der Waals surface area contributed by atoms with Crippen LogP contribution in [-0.2, 0) is 6.54 Å². The molecule has 2 rings (SSSR count). The van der Waals surface area contributed by atoms with Gasteiger partial charge in [-0.15, -0.1) is 0 Å². The van der Waals surface area contributed by atoms with Crippen LogP contribution in [0.25, 0.3) is 0 Å². The average molecular weight is 325 g/mol. The minimum Gasteiger partial charge on any atom is -0.347 e. The Morgan fingerprint density at radius 1 is 1.17 bits per heavy atom. The van der Waals surface area contributed by atoms with Gasteiger partial charge in [-0.2, -0.15) is 0 Å². The van der Waals surface area contributed by atoms with Gasteiger partial charge in [0.2, 0.25) is 0 Å². The summed E-state index contributed by atoms with van der Waals surface area (Å²) in [6, 6.07) is 12.8. The molecule has 0 bridgehead atoms. The summed E-state index contributed by atoms with van der Waals surface area (Å²) < 4.78 is 0. The quantitative estimate of drug-likeness (QED) is 0.851. The summed E-state index contributed by atoms with van der Waals surface area (Å²) in [5.41, 5.74) is 1.74. The Morgan fingerprint density at radius 2 is 1.92 bits per heavy atom. The fourth-order valence-electron chi connectivity index (χ4n) is 2.27. The zero-order valence-corrected chi connectivity index (χ0v) is 14.2. The molecule has 2 amide bonds. The van der Waals surface area contributed by atoms with Crippen molar-refractivity contribution in [2.24, 2.45) is 0 Å². The van der Waals surface area contributed by atoms with E-state index in [4.69, 9.17) is 0 Å². The summed E-state index contributed by atoms with van der Waals surface area (Å²) in [5.74, 6) is -0.382. The molecule has 0 aliphatic rings. The van der Waals surface area contributed by atoms with Crippen molar-refractivity contribution in [3.05, 3.63) is 65.5 Å². The molecule has 126 valence electrons. The summed E-state index contributed by atoms with van der Waals surface area (Å²) in [6.07, 6.45) is 3.48. The lowest BCUT2D eigenvalue weighted by Gasteiger charge is -2.16. The molecule has 0 aliphatic heterocycles. The number of unbranched alkanes of at least 4 members (excludes halogenated alkanes) is 1. The molecule has 5 nitrogen and oxygen atoms in total. The highest BCUT2D eigenvalue weighted by molar-refractivity contribution is 5.98. The maximum Gasteiger partial charge on any atom is 0.270 e. The van der Waals surface area contributed by atoms with Crippen molar-refractivity contribution in [3.63, 3.8) is 0 Å². The Morgan fingerprint density at radius 3 is 2.62 bits per heavy atom. The summed E-state index contributed by atoms with van der Waals surface area (Å²) in [7, 11) is 1.77. The first-order chi connectivity index (χ1) is 11.6. The number of carbonyl (C=O) groups excluding carboxylic acids is 2. The topological polar surface area (TPSA) is 62.3 Å². The monoisotopic (exact) mass is 325 g/mol. The molecule has 0 saturated carbocycles. The van der Waals surface area contributed by atoms with Gasteiger partial charge in [0.15, 0.2) is 0 Å². The Labute approximate surface area is 142 Å². The third-order valence-electron chi connectivity index (χ3n) is 3.73. The van der Waals surface area contributed by atoms with Crippen molar-refractivity contribution in [2.45, 2.75) is 26.3 Å². The van der Waals surface area contributed by atoms with Crippen LogP contribution in [0.1, 0.15) is 46.2 Å². The van der Waals surface area contributed by atoms with Gasteiger partial charge in [-0.1, -0.05) is 43.7 Å². The van der Waals surface area contributed by atoms with E-state index in [0.29, 0.717) is 18.7 Å². The summed E-state index contributed by atoms with van der Waals surface area (Å²) in [4.78, 5) is 30.4. The number of nitrogens with one attached hydrogen (secondary N) is 1. The van der Waals surface area contributed by atoms with Crippen LogP contribution < -0.4 is 5.32 Å². The van der Waals surface area contributed by atoms with E-state index in [1.54, 1.807) is 24.1 Å². The van der Waals surface area contributed by atoms with Crippen molar-refractivity contribution >= 4 is 11.8 Å². The summed E-state index contributed by atoms with van der Waals surface area (Å²) in [6.45, 7) is 3.21. The molecule has 5 heteroatoms. The standard InChI is InChI=1S/C19H23N3O2/c1-3-4-12-22(2)19(24)16-10-11-20-17(13-16)18(23)21-14-15-8-6-5-7-9-15/h5-11,13H,3-4,12,14H2,1-2H3,(H,21,23). The van der Waals surface area contributed by atoms with Crippen molar-refractivity contribution in [1.82, 2.24) is 15.2 Å². The molecule has 0 radical (unpaired) electrons. The van der Waals surface area contributed by atoms with Gasteiger partial charge >= 0.3 is 0 Å². The van der Waals surface area contributed by atoms with E-state index in [1.165, 1.54) is 6.20 Å². The number of nitrogens with zero attached hydrogens (tertiary/aromatic N) is 2. The molecule has 0 spiro atoms. The van der Waals surface area contributed by atoms with Crippen LogP contribution in [0.4, 0.5) is 0 Å². The number of hydrogen-bond acceptors (Lipinski definition) is 3. The smallest absolute Gasteiger partial charge is 0.270 e. The normalized spacial score (nSPS) is 10.2. The molecule has 1 heterocycles. The van der Waals surface area contributed by atoms with Crippen molar-refractivity contribution in [3.8, 4) is 0 Å². The molecule has 0 unspecified atom stereocenters. The lowest BCUT2D eigenvalue weighted by atomic mass is 10.2. The van der Waals surface area contributed by atoms with Crippen molar-refractivity contribution in [2.75, 3.05) is 13.6 Å². The fraction of sp³-hybridized carbons (Fsp3) is 0.316. The largest absolute Gasteiger partial charge is 0.347 e. The molecular formula is C19H23N3O2. The van der Waals surface area contributed by atoms with Gasteiger partial charge in [-0.25, -0.2) is 0 Å². The van der Waals surface area contributed by atoms with E-state index in [2.05, 4.69) is 17.2 Å². The zero-order valence-electron chi connectivity index (χ0n) is 14.2. The van der Waals surface area contributed by atoms with Gasteiger partial charge in [0, 0.05) is 31.9 Å². The number of hydrogen-bond donors (Lipinski definition) is 1. The Balaban J connectivity index is 2.01. The molecule has 2 aromatic rings. The second-order valence-electron chi connectivity index (χ2n) is 5.68. The Bertz CT molecular complexity index is 686. The van der Waals surface area contributed by atoms with Gasteiger partial charge in [-0.05, 0) is 24.1 Å². The van der Waals surface area contributed by atoms with Crippen LogP contribution in [0, 0.1) is 0 Å². The van der Waals surface area contributed by atoms with Gasteiger partial charge in [0.05, 0.1) is 0 Å². The van der Waals surface area contributed by atoms with Crippen LogP contribution in [0.2, 0.25) is 0 Å². The lowest BCUT2D eigenvalue weighted by Crippen LogP contribution is -2.28. The molecule has 0 fully saturated rings. The maximum atomic E-state index is 12.4. The number of aromatic nitrogens is 1. The van der Waals surface area contributed by atoms with E-state index in [0.717, 1.165) is 18.4 Å². The zero-order chi connectivity index (χ0) is 17.4. The first kappa shape index (κ1) is 17.7. The van der Waals surface area contributed by atoms with Crippen LogP contribution >= 0.6 is 0 Å². The van der Waals surface area contributed by atoms with Crippen LogP contribution in [0.5, 0.6) is 0 Å². The maximum absolute atomic E-state index is 12.4. The van der Waals surface area contributed by atoms with Crippen LogP contribution in [0.15, 0.2) is 48.7 Å². The highest BCUT2D eigenvalue weighted by atomic mass is 16.2. The lowest BCUT2D eigenvalue weighted by molar-refractivity contribution is 0.0793. The predicted molar refractivity (Wildman–Crippen MR) is 93.7 cm³/mol. The highest BCUT2D eigenvalue weighted by Gasteiger charge is 2.14. The first-order valence-electron chi connectivity index (χ1n) is 8.15. The van der Waals surface area contributed by atoms with Crippen LogP contribution in [-0.4, -0.2) is 35.3 Å².